The van der Waals surface area contributed by atoms with Crippen LogP contribution in [0.4, 0.5) is 0 Å². The molecule has 2 heteroatoms. The largest absolute Gasteiger partial charge is 0.309 e. The summed E-state index contributed by atoms with van der Waals surface area (Å²) < 4.78 is 4.93. The number of rotatable bonds is 4. The molecule has 0 aliphatic heterocycles. The molecule has 0 spiro atoms. The molecule has 2 heterocycles. The van der Waals surface area contributed by atoms with E-state index in [1.807, 2.05) is 0 Å². The Morgan fingerprint density at radius 2 is 0.947 bits per heavy atom. The average molecular weight is 727 g/mol. The minimum atomic E-state index is -0.0921. The smallest absolute Gasteiger partial charge is 0.0622 e. The topological polar surface area (TPSA) is 9.86 Å². The summed E-state index contributed by atoms with van der Waals surface area (Å²) >= 11 is 0. The van der Waals surface area contributed by atoms with Crippen molar-refractivity contribution in [3.05, 3.63) is 205 Å². The molecule has 57 heavy (non-hydrogen) atoms. The lowest BCUT2D eigenvalue weighted by molar-refractivity contribution is 0.661. The van der Waals surface area contributed by atoms with Gasteiger partial charge in [0.15, 0.2) is 0 Å². The van der Waals surface area contributed by atoms with E-state index in [1.165, 1.54) is 110 Å². The third-order valence-electron chi connectivity index (χ3n) is 12.7. The van der Waals surface area contributed by atoms with Gasteiger partial charge in [0.1, 0.15) is 0 Å². The standard InChI is InChI=1S/C55H38N2/c1-55(2)48-18-10-8-17-45(48)53-49(55)29-28-44-47-34-40(24-31-52(47)57(54(44)53)41-25-20-37(21-26-41)35-12-4-3-5-13-35)39-23-30-51-46(33-39)43-16-9-11-19-50(43)56(51)42-27-22-36-14-6-7-15-38(36)32-42/h3-34H,1-2H3. The molecule has 0 saturated carbocycles. The van der Waals surface area contributed by atoms with E-state index in [9.17, 15) is 0 Å². The third-order valence-corrected chi connectivity index (χ3v) is 12.7. The lowest BCUT2D eigenvalue weighted by Gasteiger charge is -2.21. The van der Waals surface area contributed by atoms with Gasteiger partial charge in [0, 0.05) is 43.9 Å². The van der Waals surface area contributed by atoms with Gasteiger partial charge >= 0.3 is 0 Å². The molecule has 0 unspecified atom stereocenters. The van der Waals surface area contributed by atoms with Crippen LogP contribution in [0.3, 0.4) is 0 Å². The molecule has 0 fully saturated rings. The molecular weight excluding hydrogens is 689 g/mol. The Morgan fingerprint density at radius 3 is 1.75 bits per heavy atom. The summed E-state index contributed by atoms with van der Waals surface area (Å²) in [5.74, 6) is 0. The molecule has 2 aromatic heterocycles. The van der Waals surface area contributed by atoms with Crippen LogP contribution in [0.5, 0.6) is 0 Å². The number of fused-ring (bicyclic) bond motifs is 11. The number of hydrogen-bond donors (Lipinski definition) is 0. The fourth-order valence-corrected chi connectivity index (χ4v) is 9.92. The fraction of sp³-hybridized carbons (Fsp3) is 0.0545. The lowest BCUT2D eigenvalue weighted by Crippen LogP contribution is -2.14. The summed E-state index contributed by atoms with van der Waals surface area (Å²) in [6.45, 7) is 4.74. The molecule has 9 aromatic carbocycles. The van der Waals surface area contributed by atoms with Gasteiger partial charge in [-0.1, -0.05) is 153 Å². The van der Waals surface area contributed by atoms with Crippen molar-refractivity contribution in [2.45, 2.75) is 19.3 Å². The van der Waals surface area contributed by atoms with Crippen molar-refractivity contribution in [3.63, 3.8) is 0 Å². The van der Waals surface area contributed by atoms with E-state index in [1.54, 1.807) is 0 Å². The maximum Gasteiger partial charge on any atom is 0.0622 e. The van der Waals surface area contributed by atoms with E-state index in [0.29, 0.717) is 0 Å². The fourth-order valence-electron chi connectivity index (χ4n) is 9.92. The van der Waals surface area contributed by atoms with E-state index in [-0.39, 0.29) is 5.41 Å². The van der Waals surface area contributed by atoms with Gasteiger partial charge < -0.3 is 9.13 Å². The predicted molar refractivity (Wildman–Crippen MR) is 241 cm³/mol. The Morgan fingerprint density at radius 1 is 0.351 bits per heavy atom. The van der Waals surface area contributed by atoms with Crippen LogP contribution in [0.25, 0.3) is 99.1 Å². The molecule has 268 valence electrons. The summed E-state index contributed by atoms with van der Waals surface area (Å²) in [5, 5.41) is 7.56. The highest BCUT2D eigenvalue weighted by atomic mass is 15.0. The monoisotopic (exact) mass is 726 g/mol. The van der Waals surface area contributed by atoms with Crippen LogP contribution in [-0.4, -0.2) is 9.13 Å². The lowest BCUT2D eigenvalue weighted by atomic mass is 9.82. The van der Waals surface area contributed by atoms with Crippen LogP contribution in [0.1, 0.15) is 25.0 Å². The molecule has 1 aliphatic carbocycles. The van der Waals surface area contributed by atoms with Gasteiger partial charge in [0.25, 0.3) is 0 Å². The van der Waals surface area contributed by atoms with E-state index in [2.05, 4.69) is 217 Å². The maximum atomic E-state index is 2.51. The van der Waals surface area contributed by atoms with E-state index < -0.39 is 0 Å². The van der Waals surface area contributed by atoms with Crippen LogP contribution in [0.15, 0.2) is 194 Å². The first-order valence-electron chi connectivity index (χ1n) is 19.9. The number of hydrogen-bond acceptors (Lipinski definition) is 0. The zero-order valence-corrected chi connectivity index (χ0v) is 31.9. The van der Waals surface area contributed by atoms with E-state index in [4.69, 9.17) is 0 Å². The number of para-hydroxylation sites is 1. The first-order chi connectivity index (χ1) is 28.0. The Bertz CT molecular complexity index is 3410. The maximum absolute atomic E-state index is 2.51. The van der Waals surface area contributed by atoms with Gasteiger partial charge in [0.2, 0.25) is 0 Å². The Labute approximate surface area is 331 Å². The predicted octanol–water partition coefficient (Wildman–Crippen LogP) is 14.7. The van der Waals surface area contributed by atoms with Crippen LogP contribution in [0.2, 0.25) is 0 Å². The van der Waals surface area contributed by atoms with Crippen molar-refractivity contribution >= 4 is 54.4 Å². The first kappa shape index (κ1) is 32.1. The number of benzene rings is 9. The molecule has 0 amide bonds. The van der Waals surface area contributed by atoms with Gasteiger partial charge in [-0.15, -0.1) is 0 Å². The first-order valence-corrected chi connectivity index (χ1v) is 19.9. The van der Waals surface area contributed by atoms with Gasteiger partial charge in [-0.3, -0.25) is 0 Å². The van der Waals surface area contributed by atoms with Crippen molar-refractivity contribution < 1.29 is 0 Å². The summed E-state index contributed by atoms with van der Waals surface area (Å²) in [6.07, 6.45) is 0. The molecule has 0 atom stereocenters. The highest BCUT2D eigenvalue weighted by molar-refractivity contribution is 6.17. The molecule has 0 radical (unpaired) electrons. The summed E-state index contributed by atoms with van der Waals surface area (Å²) in [5.41, 5.74) is 17.5. The second-order valence-electron chi connectivity index (χ2n) is 16.2. The molecule has 12 rings (SSSR count). The van der Waals surface area contributed by atoms with Crippen LogP contribution in [0, 0.1) is 0 Å². The van der Waals surface area contributed by atoms with Gasteiger partial charge in [-0.25, -0.2) is 0 Å². The highest BCUT2D eigenvalue weighted by Gasteiger charge is 2.37. The average Bonchev–Trinajstić information content (AvgIpc) is 3.86. The van der Waals surface area contributed by atoms with Crippen molar-refractivity contribution in [2.75, 3.05) is 0 Å². The van der Waals surface area contributed by atoms with Crippen LogP contribution < -0.4 is 0 Å². The molecule has 0 bridgehead atoms. The second kappa shape index (κ2) is 11.9. The molecule has 0 N–H and O–H groups in total. The molecule has 11 aromatic rings. The van der Waals surface area contributed by atoms with Gasteiger partial charge in [0.05, 0.1) is 22.1 Å². The van der Waals surface area contributed by atoms with Crippen molar-refractivity contribution in [1.29, 1.82) is 0 Å². The molecule has 0 saturated heterocycles. The van der Waals surface area contributed by atoms with Gasteiger partial charge in [-0.2, -0.15) is 0 Å². The minimum absolute atomic E-state index is 0.0921. The normalized spacial score (nSPS) is 13.2. The number of aromatic nitrogens is 2. The zero-order valence-electron chi connectivity index (χ0n) is 31.9. The summed E-state index contributed by atoms with van der Waals surface area (Å²) in [6, 6.07) is 71.9. The third kappa shape index (κ3) is 4.65. The van der Waals surface area contributed by atoms with Crippen molar-refractivity contribution in [2.24, 2.45) is 0 Å². The Balaban J connectivity index is 1.08. The van der Waals surface area contributed by atoms with E-state index >= 15 is 0 Å². The van der Waals surface area contributed by atoms with Crippen LogP contribution in [-0.2, 0) is 5.41 Å². The molecular formula is C55H38N2. The quantitative estimate of drug-likeness (QED) is 0.171. The molecule has 2 nitrogen and oxygen atoms in total. The van der Waals surface area contributed by atoms with E-state index in [0.717, 1.165) is 0 Å². The minimum Gasteiger partial charge on any atom is -0.309 e. The Kier molecular flexibility index (Phi) is 6.72. The van der Waals surface area contributed by atoms with Crippen LogP contribution >= 0.6 is 0 Å². The number of nitrogens with zero attached hydrogens (tertiary/aromatic N) is 2. The van der Waals surface area contributed by atoms with Crippen molar-refractivity contribution in [3.8, 4) is 44.8 Å². The SMILES string of the molecule is CC1(C)c2ccccc2-c2c1ccc1c3cc(-c4ccc5c(c4)c4ccccc4n5-c4ccc5ccccc5c4)ccc3n(-c3ccc(-c4ccccc4)cc3)c21. The second-order valence-corrected chi connectivity index (χ2v) is 16.2. The highest BCUT2D eigenvalue weighted by Crippen LogP contribution is 2.53. The summed E-state index contributed by atoms with van der Waals surface area (Å²) in [4.78, 5) is 0. The summed E-state index contributed by atoms with van der Waals surface area (Å²) in [7, 11) is 0. The van der Waals surface area contributed by atoms with Crippen molar-refractivity contribution in [1.82, 2.24) is 9.13 Å². The Hall–Kier alpha value is -7.16. The zero-order chi connectivity index (χ0) is 37.8. The molecule has 1 aliphatic rings. The van der Waals surface area contributed by atoms with Gasteiger partial charge in [-0.05, 0) is 104 Å².